The van der Waals surface area contributed by atoms with Crippen LogP contribution in [0.15, 0.2) is 18.3 Å². The van der Waals surface area contributed by atoms with Crippen LogP contribution in [0.25, 0.3) is 0 Å². The standard InChI is InChI=1S/C13H21N3O/c1-16-7-5-12(6-8-16)14-9-11-3-4-13(17-2)15-10-11/h3-4,10,12,14H,5-9H2,1-2H3. The molecular weight excluding hydrogens is 214 g/mol. The van der Waals surface area contributed by atoms with Crippen molar-refractivity contribution in [3.8, 4) is 5.88 Å². The monoisotopic (exact) mass is 235 g/mol. The summed E-state index contributed by atoms with van der Waals surface area (Å²) in [5.41, 5.74) is 1.21. The topological polar surface area (TPSA) is 37.4 Å². The molecule has 1 aromatic rings. The molecule has 1 saturated heterocycles. The molecule has 1 fully saturated rings. The molecule has 0 aliphatic carbocycles. The van der Waals surface area contributed by atoms with Crippen LogP contribution in [0.3, 0.4) is 0 Å². The van der Waals surface area contributed by atoms with E-state index in [0.29, 0.717) is 11.9 Å². The Balaban J connectivity index is 1.77. The minimum Gasteiger partial charge on any atom is -0.481 e. The van der Waals surface area contributed by atoms with Crippen molar-refractivity contribution < 1.29 is 4.74 Å². The zero-order chi connectivity index (χ0) is 12.1. The van der Waals surface area contributed by atoms with Crippen molar-refractivity contribution in [1.82, 2.24) is 15.2 Å². The Morgan fingerprint density at radius 3 is 2.76 bits per heavy atom. The lowest BCUT2D eigenvalue weighted by Gasteiger charge is -2.29. The summed E-state index contributed by atoms with van der Waals surface area (Å²) in [6, 6.07) is 4.62. The van der Waals surface area contributed by atoms with Gasteiger partial charge in [-0.1, -0.05) is 6.07 Å². The second-order valence-electron chi connectivity index (χ2n) is 4.67. The molecule has 4 heteroatoms. The van der Waals surface area contributed by atoms with Gasteiger partial charge in [-0.05, 0) is 38.5 Å². The Bertz CT molecular complexity index is 331. The number of rotatable bonds is 4. The SMILES string of the molecule is COc1ccc(CNC2CCN(C)CC2)cn1. The van der Waals surface area contributed by atoms with Gasteiger partial charge in [-0.25, -0.2) is 4.98 Å². The predicted molar refractivity (Wildman–Crippen MR) is 68.1 cm³/mol. The quantitative estimate of drug-likeness (QED) is 0.853. The fraction of sp³-hybridized carbons (Fsp3) is 0.615. The number of hydrogen-bond acceptors (Lipinski definition) is 4. The summed E-state index contributed by atoms with van der Waals surface area (Å²) in [7, 11) is 3.82. The third-order valence-corrected chi connectivity index (χ3v) is 3.32. The summed E-state index contributed by atoms with van der Waals surface area (Å²) in [6.07, 6.45) is 4.35. The molecule has 1 aliphatic rings. The molecule has 1 aromatic heterocycles. The summed E-state index contributed by atoms with van der Waals surface area (Å²) in [6.45, 7) is 3.28. The Labute approximate surface area is 103 Å². The summed E-state index contributed by atoms with van der Waals surface area (Å²) >= 11 is 0. The van der Waals surface area contributed by atoms with Gasteiger partial charge in [-0.15, -0.1) is 0 Å². The van der Waals surface area contributed by atoms with E-state index in [1.165, 1.54) is 31.5 Å². The van der Waals surface area contributed by atoms with Gasteiger partial charge in [0, 0.05) is 24.8 Å². The Hall–Kier alpha value is -1.13. The van der Waals surface area contributed by atoms with Crippen LogP contribution >= 0.6 is 0 Å². The molecule has 2 rings (SSSR count). The molecule has 0 spiro atoms. The van der Waals surface area contributed by atoms with Crippen molar-refractivity contribution in [2.45, 2.75) is 25.4 Å². The Morgan fingerprint density at radius 2 is 2.18 bits per heavy atom. The average molecular weight is 235 g/mol. The minimum absolute atomic E-state index is 0.647. The van der Waals surface area contributed by atoms with E-state index in [2.05, 4.69) is 28.3 Å². The number of hydrogen-bond donors (Lipinski definition) is 1. The number of aromatic nitrogens is 1. The van der Waals surface area contributed by atoms with Gasteiger partial charge in [0.05, 0.1) is 7.11 Å². The van der Waals surface area contributed by atoms with Crippen LogP contribution in [-0.2, 0) is 6.54 Å². The predicted octanol–water partition coefficient (Wildman–Crippen LogP) is 1.27. The maximum Gasteiger partial charge on any atom is 0.212 e. The van der Waals surface area contributed by atoms with Crippen molar-refractivity contribution in [2.24, 2.45) is 0 Å². The minimum atomic E-state index is 0.647. The van der Waals surface area contributed by atoms with Crippen molar-refractivity contribution in [2.75, 3.05) is 27.2 Å². The van der Waals surface area contributed by atoms with Gasteiger partial charge in [0.25, 0.3) is 0 Å². The van der Waals surface area contributed by atoms with E-state index >= 15 is 0 Å². The van der Waals surface area contributed by atoms with Gasteiger partial charge in [0.15, 0.2) is 0 Å². The van der Waals surface area contributed by atoms with E-state index in [-0.39, 0.29) is 0 Å². The number of nitrogens with one attached hydrogen (secondary N) is 1. The van der Waals surface area contributed by atoms with Crippen LogP contribution in [0, 0.1) is 0 Å². The number of ether oxygens (including phenoxy) is 1. The van der Waals surface area contributed by atoms with Crippen molar-refractivity contribution >= 4 is 0 Å². The van der Waals surface area contributed by atoms with Crippen LogP contribution in [0.5, 0.6) is 5.88 Å². The number of pyridine rings is 1. The van der Waals surface area contributed by atoms with Crippen molar-refractivity contribution in [1.29, 1.82) is 0 Å². The molecule has 0 atom stereocenters. The van der Waals surface area contributed by atoms with E-state index in [1.54, 1.807) is 7.11 Å². The highest BCUT2D eigenvalue weighted by molar-refractivity contribution is 5.17. The fourth-order valence-corrected chi connectivity index (χ4v) is 2.11. The summed E-state index contributed by atoms with van der Waals surface area (Å²) < 4.78 is 5.04. The van der Waals surface area contributed by atoms with Crippen LogP contribution in [0.2, 0.25) is 0 Å². The fourth-order valence-electron chi connectivity index (χ4n) is 2.11. The van der Waals surface area contributed by atoms with Crippen LogP contribution in [0.1, 0.15) is 18.4 Å². The Morgan fingerprint density at radius 1 is 1.41 bits per heavy atom. The van der Waals surface area contributed by atoms with E-state index < -0.39 is 0 Å². The normalized spacial score (nSPS) is 18.2. The molecule has 0 saturated carbocycles. The molecule has 0 aromatic carbocycles. The molecule has 0 amide bonds. The van der Waals surface area contributed by atoms with Crippen molar-refractivity contribution in [3.63, 3.8) is 0 Å². The molecule has 0 radical (unpaired) electrons. The van der Waals surface area contributed by atoms with Gasteiger partial charge < -0.3 is 15.0 Å². The van der Waals surface area contributed by atoms with E-state index in [9.17, 15) is 0 Å². The molecule has 1 N–H and O–H groups in total. The van der Waals surface area contributed by atoms with Gasteiger partial charge in [-0.3, -0.25) is 0 Å². The molecule has 4 nitrogen and oxygen atoms in total. The maximum atomic E-state index is 5.04. The lowest BCUT2D eigenvalue weighted by atomic mass is 10.1. The largest absolute Gasteiger partial charge is 0.481 e. The van der Waals surface area contributed by atoms with Crippen LogP contribution in [0.4, 0.5) is 0 Å². The third-order valence-electron chi connectivity index (χ3n) is 3.32. The summed E-state index contributed by atoms with van der Waals surface area (Å²) in [5.74, 6) is 0.674. The highest BCUT2D eigenvalue weighted by Crippen LogP contribution is 2.10. The second kappa shape index (κ2) is 5.98. The zero-order valence-corrected chi connectivity index (χ0v) is 10.6. The molecular formula is C13H21N3O. The number of methoxy groups -OCH3 is 1. The molecule has 2 heterocycles. The molecule has 0 unspecified atom stereocenters. The zero-order valence-electron chi connectivity index (χ0n) is 10.6. The first-order valence-electron chi connectivity index (χ1n) is 6.19. The van der Waals surface area contributed by atoms with E-state index in [0.717, 1.165) is 6.54 Å². The van der Waals surface area contributed by atoms with Crippen LogP contribution < -0.4 is 10.1 Å². The molecule has 17 heavy (non-hydrogen) atoms. The maximum absolute atomic E-state index is 5.04. The molecule has 0 bridgehead atoms. The van der Waals surface area contributed by atoms with Gasteiger partial charge >= 0.3 is 0 Å². The average Bonchev–Trinajstić information content (AvgIpc) is 2.39. The number of piperidine rings is 1. The first kappa shape index (κ1) is 12.3. The highest BCUT2D eigenvalue weighted by atomic mass is 16.5. The highest BCUT2D eigenvalue weighted by Gasteiger charge is 2.15. The lowest BCUT2D eigenvalue weighted by Crippen LogP contribution is -2.40. The van der Waals surface area contributed by atoms with E-state index in [1.807, 2.05) is 12.3 Å². The second-order valence-corrected chi connectivity index (χ2v) is 4.67. The van der Waals surface area contributed by atoms with E-state index in [4.69, 9.17) is 4.74 Å². The lowest BCUT2D eigenvalue weighted by molar-refractivity contribution is 0.234. The molecule has 94 valence electrons. The molecule has 1 aliphatic heterocycles. The Kier molecular flexibility index (Phi) is 4.34. The third kappa shape index (κ3) is 3.68. The van der Waals surface area contributed by atoms with Gasteiger partial charge in [0.1, 0.15) is 0 Å². The summed E-state index contributed by atoms with van der Waals surface area (Å²) in [5, 5.41) is 3.59. The van der Waals surface area contributed by atoms with Gasteiger partial charge in [-0.2, -0.15) is 0 Å². The first-order chi connectivity index (χ1) is 8.28. The summed E-state index contributed by atoms with van der Waals surface area (Å²) in [4.78, 5) is 6.58. The van der Waals surface area contributed by atoms with Gasteiger partial charge in [0.2, 0.25) is 5.88 Å². The number of likely N-dealkylation sites (tertiary alicyclic amines) is 1. The number of nitrogens with zero attached hydrogens (tertiary/aromatic N) is 2. The first-order valence-corrected chi connectivity index (χ1v) is 6.19. The van der Waals surface area contributed by atoms with Crippen molar-refractivity contribution in [3.05, 3.63) is 23.9 Å². The smallest absolute Gasteiger partial charge is 0.212 e. The van der Waals surface area contributed by atoms with Crippen LogP contribution in [-0.4, -0.2) is 43.2 Å².